The Hall–Kier alpha value is -1.84. The van der Waals surface area contributed by atoms with E-state index < -0.39 is 10.0 Å². The Bertz CT molecular complexity index is 827. The molecule has 0 radical (unpaired) electrons. The normalized spacial score (nSPS) is 14.5. The second-order valence-corrected chi connectivity index (χ2v) is 8.40. The van der Waals surface area contributed by atoms with Crippen LogP contribution in [0.3, 0.4) is 0 Å². The number of aromatic nitrogens is 2. The maximum atomic E-state index is 12.2. The van der Waals surface area contributed by atoms with E-state index in [0.29, 0.717) is 10.7 Å². The number of hydrogen-bond donors (Lipinski definition) is 2. The molecule has 1 aliphatic rings. The van der Waals surface area contributed by atoms with Crippen molar-refractivity contribution >= 4 is 32.4 Å². The average Bonchev–Trinajstić information content (AvgIpc) is 3.25. The number of amides is 1. The van der Waals surface area contributed by atoms with Crippen LogP contribution in [-0.4, -0.2) is 30.6 Å². The number of hydrogen-bond acceptors (Lipinski definition) is 6. The summed E-state index contributed by atoms with van der Waals surface area (Å²) in [6.07, 6.45) is 3.55. The minimum Gasteiger partial charge on any atom is -0.296 e. The molecule has 24 heavy (non-hydrogen) atoms. The fourth-order valence-electron chi connectivity index (χ4n) is 2.06. The van der Waals surface area contributed by atoms with Crippen molar-refractivity contribution in [3.63, 3.8) is 0 Å². The van der Waals surface area contributed by atoms with Gasteiger partial charge in [0.25, 0.3) is 5.91 Å². The first-order valence-electron chi connectivity index (χ1n) is 7.74. The minimum absolute atomic E-state index is 0.0488. The molecule has 1 aliphatic carbocycles. The summed E-state index contributed by atoms with van der Waals surface area (Å²) in [5, 5.41) is 11.9. The van der Waals surface area contributed by atoms with Crippen molar-refractivity contribution in [2.75, 3.05) is 5.32 Å². The van der Waals surface area contributed by atoms with Crippen LogP contribution in [0.1, 0.15) is 41.6 Å². The number of carbonyl (C=O) groups is 1. The van der Waals surface area contributed by atoms with E-state index in [1.807, 2.05) is 6.92 Å². The average molecular weight is 366 g/mol. The van der Waals surface area contributed by atoms with Crippen LogP contribution in [0.15, 0.2) is 29.2 Å². The molecule has 1 fully saturated rings. The minimum atomic E-state index is -3.50. The van der Waals surface area contributed by atoms with Gasteiger partial charge in [-0.05, 0) is 43.5 Å². The van der Waals surface area contributed by atoms with Gasteiger partial charge in [-0.3, -0.25) is 10.1 Å². The number of carbonyl (C=O) groups excluding carboxylic acids is 1. The largest absolute Gasteiger partial charge is 0.296 e. The summed E-state index contributed by atoms with van der Waals surface area (Å²) in [6.45, 7) is 2.05. The summed E-state index contributed by atoms with van der Waals surface area (Å²) >= 11 is 1.34. The molecule has 0 spiro atoms. The molecule has 9 heteroatoms. The number of nitrogens with one attached hydrogen (secondary N) is 2. The van der Waals surface area contributed by atoms with Crippen LogP contribution in [0, 0.1) is 0 Å². The summed E-state index contributed by atoms with van der Waals surface area (Å²) in [5.74, 6) is -0.340. The van der Waals surface area contributed by atoms with Crippen LogP contribution in [0.2, 0.25) is 0 Å². The lowest BCUT2D eigenvalue weighted by Gasteiger charge is -2.06. The Kier molecular flexibility index (Phi) is 4.93. The van der Waals surface area contributed by atoms with Crippen LogP contribution in [-0.2, 0) is 16.4 Å². The zero-order valence-electron chi connectivity index (χ0n) is 13.2. The van der Waals surface area contributed by atoms with Crippen LogP contribution in [0.4, 0.5) is 5.13 Å². The fourth-order valence-corrected chi connectivity index (χ4v) is 4.20. The van der Waals surface area contributed by atoms with E-state index in [0.717, 1.165) is 30.7 Å². The fraction of sp³-hybridized carbons (Fsp3) is 0.400. The number of benzene rings is 1. The number of nitrogens with zero attached hydrogens (tertiary/aromatic N) is 2. The molecule has 0 saturated heterocycles. The molecule has 0 aliphatic heterocycles. The Morgan fingerprint density at radius 3 is 2.58 bits per heavy atom. The van der Waals surface area contributed by atoms with E-state index in [1.165, 1.54) is 35.6 Å². The van der Waals surface area contributed by atoms with Crippen molar-refractivity contribution in [1.29, 1.82) is 0 Å². The van der Waals surface area contributed by atoms with Crippen molar-refractivity contribution < 1.29 is 13.2 Å². The van der Waals surface area contributed by atoms with E-state index >= 15 is 0 Å². The third-order valence-corrected chi connectivity index (χ3v) is 5.91. The maximum Gasteiger partial charge on any atom is 0.257 e. The second-order valence-electron chi connectivity index (χ2n) is 5.63. The Morgan fingerprint density at radius 1 is 1.25 bits per heavy atom. The van der Waals surface area contributed by atoms with Crippen molar-refractivity contribution in [3.05, 3.63) is 34.8 Å². The molecule has 128 valence electrons. The summed E-state index contributed by atoms with van der Waals surface area (Å²) in [6, 6.07) is 5.90. The molecule has 2 aromatic rings. The molecule has 0 unspecified atom stereocenters. The third kappa shape index (κ3) is 4.16. The van der Waals surface area contributed by atoms with Crippen LogP contribution >= 0.6 is 11.3 Å². The van der Waals surface area contributed by atoms with Gasteiger partial charge in [0.05, 0.1) is 4.90 Å². The van der Waals surface area contributed by atoms with Gasteiger partial charge in [-0.25, -0.2) is 13.1 Å². The zero-order valence-corrected chi connectivity index (χ0v) is 14.8. The summed E-state index contributed by atoms with van der Waals surface area (Å²) < 4.78 is 26.8. The molecule has 2 N–H and O–H groups in total. The lowest BCUT2D eigenvalue weighted by molar-refractivity contribution is 0.102. The maximum absolute atomic E-state index is 12.2. The van der Waals surface area contributed by atoms with Crippen molar-refractivity contribution in [1.82, 2.24) is 14.9 Å². The van der Waals surface area contributed by atoms with Gasteiger partial charge in [0.2, 0.25) is 15.2 Å². The zero-order chi connectivity index (χ0) is 17.2. The lowest BCUT2D eigenvalue weighted by Crippen LogP contribution is -2.25. The molecule has 1 amide bonds. The number of aryl methyl sites for hydroxylation is 1. The molecular formula is C15H18N4O3S2. The van der Waals surface area contributed by atoms with Gasteiger partial charge in [0.15, 0.2) is 0 Å². The van der Waals surface area contributed by atoms with Crippen LogP contribution in [0.25, 0.3) is 0 Å². The van der Waals surface area contributed by atoms with E-state index in [1.54, 1.807) is 0 Å². The molecular weight excluding hydrogens is 348 g/mol. The van der Waals surface area contributed by atoms with E-state index in [-0.39, 0.29) is 16.8 Å². The van der Waals surface area contributed by atoms with E-state index in [4.69, 9.17) is 0 Å². The molecule has 1 heterocycles. The highest BCUT2D eigenvalue weighted by atomic mass is 32.2. The summed E-state index contributed by atoms with van der Waals surface area (Å²) in [4.78, 5) is 12.4. The highest BCUT2D eigenvalue weighted by Crippen LogP contribution is 2.22. The molecule has 0 atom stereocenters. The highest BCUT2D eigenvalue weighted by molar-refractivity contribution is 7.89. The quantitative estimate of drug-likeness (QED) is 0.782. The molecule has 1 aromatic carbocycles. The molecule has 1 aromatic heterocycles. The Labute approximate surface area is 144 Å². The van der Waals surface area contributed by atoms with Crippen LogP contribution < -0.4 is 10.0 Å². The van der Waals surface area contributed by atoms with Gasteiger partial charge < -0.3 is 0 Å². The second kappa shape index (κ2) is 6.96. The number of rotatable bonds is 7. The van der Waals surface area contributed by atoms with Crippen molar-refractivity contribution in [2.45, 2.75) is 43.5 Å². The van der Waals surface area contributed by atoms with Gasteiger partial charge in [-0.2, -0.15) is 0 Å². The number of sulfonamides is 1. The predicted octanol–water partition coefficient (Wildman–Crippen LogP) is 2.18. The first-order valence-corrected chi connectivity index (χ1v) is 10.0. The predicted molar refractivity (Wildman–Crippen MR) is 91.6 cm³/mol. The highest BCUT2D eigenvalue weighted by Gasteiger charge is 2.28. The van der Waals surface area contributed by atoms with Gasteiger partial charge in [0.1, 0.15) is 5.01 Å². The monoisotopic (exact) mass is 366 g/mol. The smallest absolute Gasteiger partial charge is 0.257 e. The summed E-state index contributed by atoms with van der Waals surface area (Å²) in [7, 11) is -3.50. The first-order chi connectivity index (χ1) is 11.5. The lowest BCUT2D eigenvalue weighted by atomic mass is 10.2. The third-order valence-electron chi connectivity index (χ3n) is 3.48. The standard InChI is InChI=1S/C15H18N4O3S2/c1-2-3-13-17-18-15(23-13)16-14(20)10-4-8-12(9-5-10)24(21,22)19-11-6-7-11/h4-5,8-9,11,19H,2-3,6-7H2,1H3,(H,16,18,20). The molecule has 3 rings (SSSR count). The van der Waals surface area contributed by atoms with Gasteiger partial charge in [-0.15, -0.1) is 10.2 Å². The molecule has 0 bridgehead atoms. The first kappa shape index (κ1) is 17.0. The van der Waals surface area contributed by atoms with Gasteiger partial charge >= 0.3 is 0 Å². The van der Waals surface area contributed by atoms with Gasteiger partial charge in [-0.1, -0.05) is 18.3 Å². The Balaban J connectivity index is 1.66. The van der Waals surface area contributed by atoms with E-state index in [9.17, 15) is 13.2 Å². The number of anilines is 1. The van der Waals surface area contributed by atoms with Crippen molar-refractivity contribution in [2.24, 2.45) is 0 Å². The van der Waals surface area contributed by atoms with E-state index in [2.05, 4.69) is 20.2 Å². The van der Waals surface area contributed by atoms with Crippen LogP contribution in [0.5, 0.6) is 0 Å². The van der Waals surface area contributed by atoms with Crippen molar-refractivity contribution in [3.8, 4) is 0 Å². The SMILES string of the molecule is CCCc1nnc(NC(=O)c2ccc(S(=O)(=O)NC3CC3)cc2)s1. The molecule has 1 saturated carbocycles. The summed E-state index contributed by atoms with van der Waals surface area (Å²) in [5.41, 5.74) is 0.368. The Morgan fingerprint density at radius 2 is 1.96 bits per heavy atom. The topological polar surface area (TPSA) is 101 Å². The molecule has 7 nitrogen and oxygen atoms in total. The van der Waals surface area contributed by atoms with Gasteiger partial charge in [0, 0.05) is 18.0 Å².